The number of anilines is 3. The number of benzene rings is 4. The number of phenols is 1. The van der Waals surface area contributed by atoms with E-state index < -0.39 is 0 Å². The van der Waals surface area contributed by atoms with Gasteiger partial charge in [0.15, 0.2) is 0 Å². The summed E-state index contributed by atoms with van der Waals surface area (Å²) in [4.78, 5) is 12.1. The summed E-state index contributed by atoms with van der Waals surface area (Å²) in [5, 5.41) is 11.6. The van der Waals surface area contributed by atoms with Crippen LogP contribution in [-0.4, -0.2) is 15.1 Å². The van der Waals surface area contributed by atoms with Crippen molar-refractivity contribution in [2.75, 3.05) is 4.90 Å². The molecule has 6 aromatic rings. The van der Waals surface area contributed by atoms with E-state index in [0.29, 0.717) is 0 Å². The van der Waals surface area contributed by atoms with Crippen LogP contribution in [0.3, 0.4) is 0 Å². The molecule has 258 valence electrons. The number of para-hydroxylation sites is 1. The van der Waals surface area contributed by atoms with Crippen LogP contribution in [0.4, 0.5) is 17.2 Å². The molecule has 1 N–H and O–H groups in total. The Kier molecular flexibility index (Phi) is 10.6. The van der Waals surface area contributed by atoms with Crippen molar-refractivity contribution in [3.05, 3.63) is 156 Å². The molecule has 0 aliphatic heterocycles. The maximum absolute atomic E-state index is 11.6. The zero-order valence-electron chi connectivity index (χ0n) is 30.2. The molecule has 0 radical (unpaired) electrons. The minimum Gasteiger partial charge on any atom is -0.507 e. The number of nitrogens with zero attached hydrogens (tertiary/aromatic N) is 3. The van der Waals surface area contributed by atoms with Crippen LogP contribution in [0.5, 0.6) is 5.75 Å². The van der Waals surface area contributed by atoms with Gasteiger partial charge in [0.2, 0.25) is 0 Å². The summed E-state index contributed by atoms with van der Waals surface area (Å²) in [6.07, 6.45) is 1.89. The third kappa shape index (κ3) is 7.61. The van der Waals surface area contributed by atoms with Crippen LogP contribution in [-0.2, 0) is 37.3 Å². The van der Waals surface area contributed by atoms with Crippen molar-refractivity contribution in [1.82, 2.24) is 9.97 Å². The van der Waals surface area contributed by atoms with Gasteiger partial charge in [-0.1, -0.05) is 122 Å². The predicted octanol–water partition coefficient (Wildman–Crippen LogP) is 11.7. The molecule has 0 amide bonds. The Morgan fingerprint density at radius 2 is 1.24 bits per heavy atom. The van der Waals surface area contributed by atoms with Crippen LogP contribution >= 0.6 is 0 Å². The van der Waals surface area contributed by atoms with E-state index in [-0.39, 0.29) is 43.1 Å². The molecule has 5 heteroatoms. The molecular weight excluding hydrogens is 794 g/mol. The molecule has 0 bridgehead atoms. The number of pyridine rings is 2. The van der Waals surface area contributed by atoms with Gasteiger partial charge in [-0.05, 0) is 75.3 Å². The second-order valence-corrected chi connectivity index (χ2v) is 15.3. The molecule has 2 heterocycles. The maximum Gasteiger partial charge on any atom is 0.136 e. The topological polar surface area (TPSA) is 49.2 Å². The van der Waals surface area contributed by atoms with Gasteiger partial charge in [-0.3, -0.25) is 4.98 Å². The van der Waals surface area contributed by atoms with Crippen molar-refractivity contribution in [2.24, 2.45) is 0 Å². The second kappa shape index (κ2) is 14.4. The monoisotopic (exact) mass is 839 g/mol. The summed E-state index contributed by atoms with van der Waals surface area (Å²) < 4.78 is 0. The average molecular weight is 840 g/mol. The molecule has 0 atom stereocenters. The first-order chi connectivity index (χ1) is 23.2. The van der Waals surface area contributed by atoms with E-state index in [1.54, 1.807) is 0 Å². The maximum atomic E-state index is 11.6. The number of hydrogen-bond acceptors (Lipinski definition) is 4. The molecular formula is C45H46N3OPt-. The summed E-state index contributed by atoms with van der Waals surface area (Å²) in [5.41, 5.74) is 8.87. The minimum atomic E-state index is -0.234. The van der Waals surface area contributed by atoms with Gasteiger partial charge in [0, 0.05) is 49.5 Å². The van der Waals surface area contributed by atoms with E-state index in [4.69, 9.17) is 9.97 Å². The largest absolute Gasteiger partial charge is 0.507 e. The van der Waals surface area contributed by atoms with Gasteiger partial charge in [-0.25, -0.2) is 4.98 Å². The van der Waals surface area contributed by atoms with Crippen LogP contribution in [0.15, 0.2) is 128 Å². The van der Waals surface area contributed by atoms with Gasteiger partial charge in [-0.15, -0.1) is 29.8 Å². The SMILES string of the molecule is CC(C)(C)c1cc(-c2cccc(-c3[c-]c(N(c4ccccc4)c4cc(C(C)(C)c5ccccc5)ccn4)ccc3)n2)c(O)c(C(C)(C)C)c1.[Pt]. The molecule has 50 heavy (non-hydrogen) atoms. The smallest absolute Gasteiger partial charge is 0.136 e. The Labute approximate surface area is 312 Å². The molecule has 0 saturated heterocycles. The first-order valence-electron chi connectivity index (χ1n) is 17.0. The third-order valence-corrected chi connectivity index (χ3v) is 9.31. The van der Waals surface area contributed by atoms with Crippen LogP contribution in [0, 0.1) is 6.07 Å². The van der Waals surface area contributed by atoms with Gasteiger partial charge >= 0.3 is 0 Å². The predicted molar refractivity (Wildman–Crippen MR) is 204 cm³/mol. The molecule has 2 aromatic heterocycles. The van der Waals surface area contributed by atoms with E-state index in [2.05, 4.69) is 139 Å². The fourth-order valence-corrected chi connectivity index (χ4v) is 6.23. The van der Waals surface area contributed by atoms with Gasteiger partial charge in [-0.2, -0.15) is 0 Å². The van der Waals surface area contributed by atoms with Crippen molar-refractivity contribution in [3.63, 3.8) is 0 Å². The Morgan fingerprint density at radius 3 is 1.90 bits per heavy atom. The summed E-state index contributed by atoms with van der Waals surface area (Å²) in [7, 11) is 0. The van der Waals surface area contributed by atoms with E-state index in [1.807, 2.05) is 54.7 Å². The number of aromatic nitrogens is 2. The van der Waals surface area contributed by atoms with Gasteiger partial charge in [0.05, 0.1) is 5.69 Å². The molecule has 0 fully saturated rings. The molecule has 4 aromatic carbocycles. The Balaban J connectivity index is 0.00000486. The molecule has 6 rings (SSSR count). The zero-order chi connectivity index (χ0) is 35.0. The van der Waals surface area contributed by atoms with Gasteiger partial charge in [0.1, 0.15) is 11.6 Å². The Bertz CT molecular complexity index is 2080. The number of phenolic OH excluding ortho intramolecular Hbond substituents is 1. The van der Waals surface area contributed by atoms with Crippen molar-refractivity contribution in [2.45, 2.75) is 71.6 Å². The molecule has 0 aliphatic carbocycles. The summed E-state index contributed by atoms with van der Waals surface area (Å²) in [6.45, 7) is 17.5. The van der Waals surface area contributed by atoms with Crippen molar-refractivity contribution >= 4 is 17.2 Å². The number of aromatic hydroxyl groups is 1. The molecule has 0 spiro atoms. The Morgan fingerprint density at radius 1 is 0.600 bits per heavy atom. The average Bonchev–Trinajstić information content (AvgIpc) is 3.09. The van der Waals surface area contributed by atoms with Crippen LogP contribution < -0.4 is 4.90 Å². The summed E-state index contributed by atoms with van der Waals surface area (Å²) in [6, 6.07) is 45.2. The minimum absolute atomic E-state index is 0. The van der Waals surface area contributed by atoms with Crippen LogP contribution in [0.25, 0.3) is 22.5 Å². The van der Waals surface area contributed by atoms with E-state index in [1.165, 1.54) is 11.1 Å². The van der Waals surface area contributed by atoms with Gasteiger partial charge in [0.25, 0.3) is 0 Å². The van der Waals surface area contributed by atoms with E-state index >= 15 is 0 Å². The standard InChI is InChI=1S/C45H46N3O.Pt/c1-43(2,3)34-28-37(42(49)38(29-34)44(4,5)6)40-24-16-23-39(47-40)31-17-15-22-36(27-31)48(35-20-13-10-14-21-35)41-30-33(25-26-46-41)45(7,8)32-18-11-9-12-19-32;/h9-26,28-30,49H,1-8H3;/q-1;. The molecule has 4 nitrogen and oxygen atoms in total. The van der Waals surface area contributed by atoms with Gasteiger partial charge < -0.3 is 10.0 Å². The first kappa shape index (κ1) is 36.7. The normalized spacial score (nSPS) is 11.9. The fraction of sp³-hybridized carbons (Fsp3) is 0.244. The second-order valence-electron chi connectivity index (χ2n) is 15.3. The van der Waals surface area contributed by atoms with Crippen LogP contribution in [0.2, 0.25) is 0 Å². The first-order valence-corrected chi connectivity index (χ1v) is 17.0. The van der Waals surface area contributed by atoms with E-state index in [0.717, 1.165) is 50.8 Å². The van der Waals surface area contributed by atoms with Crippen molar-refractivity contribution < 1.29 is 26.2 Å². The summed E-state index contributed by atoms with van der Waals surface area (Å²) in [5.74, 6) is 1.09. The quantitative estimate of drug-likeness (QED) is 0.163. The zero-order valence-corrected chi connectivity index (χ0v) is 32.5. The fourth-order valence-electron chi connectivity index (χ4n) is 6.23. The molecule has 0 unspecified atom stereocenters. The Hall–Kier alpha value is -4.53. The van der Waals surface area contributed by atoms with Crippen molar-refractivity contribution in [3.8, 4) is 28.3 Å². The van der Waals surface area contributed by atoms with Crippen LogP contribution in [0.1, 0.15) is 77.6 Å². The van der Waals surface area contributed by atoms with E-state index in [9.17, 15) is 5.11 Å². The molecule has 0 saturated carbocycles. The summed E-state index contributed by atoms with van der Waals surface area (Å²) >= 11 is 0. The number of hydrogen-bond donors (Lipinski definition) is 1. The van der Waals surface area contributed by atoms with Crippen molar-refractivity contribution in [1.29, 1.82) is 0 Å². The molecule has 0 aliphatic rings. The third-order valence-electron chi connectivity index (χ3n) is 9.31. The number of rotatable bonds is 7.